The van der Waals surface area contributed by atoms with E-state index in [4.69, 9.17) is 4.74 Å². The Hall–Kier alpha value is -2.59. The molecule has 2 aliphatic rings. The first-order valence-electron chi connectivity index (χ1n) is 10.1. The minimum absolute atomic E-state index is 0.0138. The van der Waals surface area contributed by atoms with E-state index in [0.29, 0.717) is 12.0 Å². The van der Waals surface area contributed by atoms with Crippen LogP contribution in [0.15, 0.2) is 54.6 Å². The van der Waals surface area contributed by atoms with E-state index in [0.717, 1.165) is 50.2 Å². The van der Waals surface area contributed by atoms with Crippen molar-refractivity contribution >= 4 is 12.0 Å². The van der Waals surface area contributed by atoms with E-state index in [-0.39, 0.29) is 5.91 Å². The molecule has 28 heavy (non-hydrogen) atoms. The SMILES string of the molecule is COc1ccc2c(c1)CCN1CCC(CNC(=O)/C=C/c3ccccc3)CC21. The molecule has 2 aromatic rings. The molecule has 146 valence electrons. The molecular formula is C24H28N2O2. The molecule has 0 aliphatic carbocycles. The Morgan fingerprint density at radius 2 is 2.07 bits per heavy atom. The Morgan fingerprint density at radius 1 is 1.21 bits per heavy atom. The van der Waals surface area contributed by atoms with Crippen LogP contribution in [0.3, 0.4) is 0 Å². The molecule has 4 rings (SSSR count). The first-order valence-corrected chi connectivity index (χ1v) is 10.1. The fourth-order valence-corrected chi connectivity index (χ4v) is 4.42. The summed E-state index contributed by atoms with van der Waals surface area (Å²) in [6, 6.07) is 16.9. The Kier molecular flexibility index (Phi) is 5.77. The molecule has 0 aromatic heterocycles. The zero-order valence-corrected chi connectivity index (χ0v) is 16.4. The molecule has 4 nitrogen and oxygen atoms in total. The van der Waals surface area contributed by atoms with Crippen molar-refractivity contribution in [2.24, 2.45) is 5.92 Å². The van der Waals surface area contributed by atoms with Crippen molar-refractivity contribution in [1.82, 2.24) is 10.2 Å². The van der Waals surface area contributed by atoms with E-state index in [2.05, 4.69) is 28.4 Å². The van der Waals surface area contributed by atoms with E-state index in [9.17, 15) is 4.79 Å². The lowest BCUT2D eigenvalue weighted by Crippen LogP contribution is -2.43. The Morgan fingerprint density at radius 3 is 2.89 bits per heavy atom. The van der Waals surface area contributed by atoms with Gasteiger partial charge in [0.05, 0.1) is 7.11 Å². The number of rotatable bonds is 5. The molecule has 0 spiro atoms. The van der Waals surface area contributed by atoms with Gasteiger partial charge in [-0.1, -0.05) is 36.4 Å². The number of benzene rings is 2. The molecule has 0 radical (unpaired) electrons. The van der Waals surface area contributed by atoms with Crippen LogP contribution < -0.4 is 10.1 Å². The van der Waals surface area contributed by atoms with Gasteiger partial charge in [-0.2, -0.15) is 0 Å². The third-order valence-corrected chi connectivity index (χ3v) is 5.99. The van der Waals surface area contributed by atoms with Crippen molar-refractivity contribution in [3.05, 3.63) is 71.3 Å². The number of methoxy groups -OCH3 is 1. The molecule has 2 aromatic carbocycles. The van der Waals surface area contributed by atoms with Gasteiger partial charge in [0.2, 0.25) is 5.91 Å². The van der Waals surface area contributed by atoms with E-state index in [1.165, 1.54) is 11.1 Å². The number of fused-ring (bicyclic) bond motifs is 3. The highest BCUT2D eigenvalue weighted by Crippen LogP contribution is 2.39. The van der Waals surface area contributed by atoms with Gasteiger partial charge in [0.15, 0.2) is 0 Å². The van der Waals surface area contributed by atoms with Gasteiger partial charge in [-0.15, -0.1) is 0 Å². The van der Waals surface area contributed by atoms with Crippen LogP contribution in [0.5, 0.6) is 5.75 Å². The van der Waals surface area contributed by atoms with E-state index in [1.807, 2.05) is 36.4 Å². The maximum Gasteiger partial charge on any atom is 0.244 e. The van der Waals surface area contributed by atoms with E-state index < -0.39 is 0 Å². The lowest BCUT2D eigenvalue weighted by molar-refractivity contribution is -0.116. The molecule has 2 heterocycles. The van der Waals surface area contributed by atoms with Gasteiger partial charge in [-0.3, -0.25) is 9.69 Å². The number of nitrogens with zero attached hydrogens (tertiary/aromatic N) is 1. The second-order valence-corrected chi connectivity index (χ2v) is 7.75. The van der Waals surface area contributed by atoms with Crippen LogP contribution in [0.1, 0.15) is 35.6 Å². The Bertz CT molecular complexity index is 847. The lowest BCUT2D eigenvalue weighted by atomic mass is 9.82. The monoisotopic (exact) mass is 376 g/mol. The number of carbonyl (C=O) groups is 1. The van der Waals surface area contributed by atoms with Crippen LogP contribution in [0.4, 0.5) is 0 Å². The van der Waals surface area contributed by atoms with Gasteiger partial charge in [0.25, 0.3) is 0 Å². The van der Waals surface area contributed by atoms with Crippen molar-refractivity contribution in [2.45, 2.75) is 25.3 Å². The zero-order valence-electron chi connectivity index (χ0n) is 16.4. The summed E-state index contributed by atoms with van der Waals surface area (Å²) in [5.74, 6) is 1.44. The zero-order chi connectivity index (χ0) is 19.3. The van der Waals surface area contributed by atoms with Crippen LogP contribution in [0.25, 0.3) is 6.08 Å². The standard InChI is InChI=1S/C24H28N2O2/c1-28-21-8-9-22-20(16-21)12-14-26-13-11-19(15-23(22)26)17-25-24(27)10-7-18-5-3-2-4-6-18/h2-10,16,19,23H,11-15,17H2,1H3,(H,25,27)/b10-7+. The highest BCUT2D eigenvalue weighted by molar-refractivity contribution is 5.91. The van der Waals surface area contributed by atoms with Crippen LogP contribution in [0.2, 0.25) is 0 Å². The van der Waals surface area contributed by atoms with Gasteiger partial charge in [0, 0.05) is 25.2 Å². The van der Waals surface area contributed by atoms with Crippen LogP contribution in [-0.4, -0.2) is 37.6 Å². The van der Waals surface area contributed by atoms with Gasteiger partial charge >= 0.3 is 0 Å². The van der Waals surface area contributed by atoms with Crippen molar-refractivity contribution in [3.63, 3.8) is 0 Å². The van der Waals surface area contributed by atoms with Gasteiger partial charge in [-0.05, 0) is 66.6 Å². The fraction of sp³-hybridized carbons (Fsp3) is 0.375. The number of carbonyl (C=O) groups excluding carboxylic acids is 1. The summed E-state index contributed by atoms with van der Waals surface area (Å²) < 4.78 is 5.39. The van der Waals surface area contributed by atoms with Crippen molar-refractivity contribution in [1.29, 1.82) is 0 Å². The average molecular weight is 377 g/mol. The maximum absolute atomic E-state index is 12.2. The van der Waals surface area contributed by atoms with Crippen LogP contribution >= 0.6 is 0 Å². The molecule has 2 unspecified atom stereocenters. The molecule has 1 fully saturated rings. The minimum atomic E-state index is -0.0138. The number of hydrogen-bond acceptors (Lipinski definition) is 3. The fourth-order valence-electron chi connectivity index (χ4n) is 4.42. The molecule has 0 saturated carbocycles. The molecule has 1 amide bonds. The smallest absolute Gasteiger partial charge is 0.244 e. The molecule has 2 aliphatic heterocycles. The van der Waals surface area contributed by atoms with Crippen LogP contribution in [0, 0.1) is 5.92 Å². The number of hydrogen-bond donors (Lipinski definition) is 1. The summed E-state index contributed by atoms with van der Waals surface area (Å²) in [7, 11) is 1.72. The molecule has 1 saturated heterocycles. The third kappa shape index (κ3) is 4.28. The minimum Gasteiger partial charge on any atom is -0.497 e. The predicted molar refractivity (Wildman–Crippen MR) is 112 cm³/mol. The predicted octanol–water partition coefficient (Wildman–Crippen LogP) is 3.83. The lowest BCUT2D eigenvalue weighted by Gasteiger charge is -2.43. The van der Waals surface area contributed by atoms with Crippen molar-refractivity contribution in [2.75, 3.05) is 26.7 Å². The summed E-state index contributed by atoms with van der Waals surface area (Å²) >= 11 is 0. The first-order chi connectivity index (χ1) is 13.7. The van der Waals surface area contributed by atoms with Gasteiger partial charge in [0.1, 0.15) is 5.75 Å². The van der Waals surface area contributed by atoms with Gasteiger partial charge < -0.3 is 10.1 Å². The molecule has 4 heteroatoms. The summed E-state index contributed by atoms with van der Waals surface area (Å²) in [5.41, 5.74) is 3.89. The Balaban J connectivity index is 1.35. The molecule has 1 N–H and O–H groups in total. The highest BCUT2D eigenvalue weighted by atomic mass is 16.5. The number of nitrogens with one attached hydrogen (secondary N) is 1. The van der Waals surface area contributed by atoms with Crippen molar-refractivity contribution < 1.29 is 9.53 Å². The summed E-state index contributed by atoms with van der Waals surface area (Å²) in [5, 5.41) is 3.10. The third-order valence-electron chi connectivity index (χ3n) is 5.99. The summed E-state index contributed by atoms with van der Waals surface area (Å²) in [6.07, 6.45) is 6.83. The second kappa shape index (κ2) is 8.61. The number of ether oxygens (including phenoxy) is 1. The van der Waals surface area contributed by atoms with Crippen molar-refractivity contribution in [3.8, 4) is 5.75 Å². The van der Waals surface area contributed by atoms with Crippen LogP contribution in [-0.2, 0) is 11.2 Å². The molecule has 0 bridgehead atoms. The maximum atomic E-state index is 12.2. The van der Waals surface area contributed by atoms with E-state index in [1.54, 1.807) is 13.2 Å². The van der Waals surface area contributed by atoms with Gasteiger partial charge in [-0.25, -0.2) is 0 Å². The summed E-state index contributed by atoms with van der Waals surface area (Å²) in [6.45, 7) is 2.97. The molecule has 2 atom stereocenters. The second-order valence-electron chi connectivity index (χ2n) is 7.75. The first kappa shape index (κ1) is 18.8. The largest absolute Gasteiger partial charge is 0.497 e. The van der Waals surface area contributed by atoms with E-state index >= 15 is 0 Å². The number of piperidine rings is 1. The number of amides is 1. The Labute approximate surface area is 167 Å². The topological polar surface area (TPSA) is 41.6 Å². The average Bonchev–Trinajstić information content (AvgIpc) is 2.76. The highest BCUT2D eigenvalue weighted by Gasteiger charge is 2.33. The normalized spacial score (nSPS) is 21.8. The quantitative estimate of drug-likeness (QED) is 0.807. The molecular weight excluding hydrogens is 348 g/mol. The summed E-state index contributed by atoms with van der Waals surface area (Å²) in [4.78, 5) is 14.8.